The molecular formula is C15H21NO5S. The molecule has 6 nitrogen and oxygen atoms in total. The number of carboxylic acids is 1. The molecule has 0 aromatic carbocycles. The maximum atomic E-state index is 12.5. The number of aromatic carboxylic acids is 1. The number of hydrogen-bond acceptors (Lipinski definition) is 4. The number of carboxylic acid groups (broad SMARTS) is 1. The van der Waals surface area contributed by atoms with E-state index in [4.69, 9.17) is 4.42 Å². The normalized spacial score (nSPS) is 27.5. The van der Waals surface area contributed by atoms with Crippen molar-refractivity contribution in [2.75, 3.05) is 6.54 Å². The third kappa shape index (κ3) is 2.56. The number of rotatable bonds is 5. The second kappa shape index (κ2) is 5.38. The summed E-state index contributed by atoms with van der Waals surface area (Å²) in [5, 5.41) is 9.24. The molecule has 0 aliphatic heterocycles. The molecule has 0 spiro atoms. The average Bonchev–Trinajstić information content (AvgIpc) is 3.10. The topological polar surface area (TPSA) is 96.6 Å². The van der Waals surface area contributed by atoms with Gasteiger partial charge >= 0.3 is 5.97 Å². The molecule has 22 heavy (non-hydrogen) atoms. The minimum atomic E-state index is -3.87. The highest BCUT2D eigenvalue weighted by Crippen LogP contribution is 2.48. The summed E-state index contributed by atoms with van der Waals surface area (Å²) in [6.45, 7) is 3.32. The predicted octanol–water partition coefficient (Wildman–Crippen LogP) is 2.31. The van der Waals surface area contributed by atoms with Crippen LogP contribution in [0.15, 0.2) is 9.31 Å². The lowest BCUT2D eigenvalue weighted by atomic mass is 9.89. The molecule has 0 amide bonds. The van der Waals surface area contributed by atoms with Crippen LogP contribution in [0.5, 0.6) is 0 Å². The van der Waals surface area contributed by atoms with Crippen molar-refractivity contribution < 1.29 is 22.7 Å². The lowest BCUT2D eigenvalue weighted by Crippen LogP contribution is -2.32. The van der Waals surface area contributed by atoms with Crippen LogP contribution in [0.4, 0.5) is 0 Å². The van der Waals surface area contributed by atoms with Gasteiger partial charge < -0.3 is 9.52 Å². The Balaban J connectivity index is 1.80. The third-order valence-corrected chi connectivity index (χ3v) is 6.68. The summed E-state index contributed by atoms with van der Waals surface area (Å²) in [5.41, 5.74) is -0.266. The van der Waals surface area contributed by atoms with E-state index >= 15 is 0 Å². The standard InChI is InChI=1S/C15H21NO5S/c1-8-13(15(17)18)14(9(2)21-8)22(19,20)16-7-12-6-10-3-4-11(12)5-10/h10-12,16H,3-7H2,1-2H3,(H,17,18). The quantitative estimate of drug-likeness (QED) is 0.865. The Hall–Kier alpha value is -1.34. The van der Waals surface area contributed by atoms with Gasteiger partial charge in [-0.15, -0.1) is 0 Å². The van der Waals surface area contributed by atoms with Gasteiger partial charge in [0.05, 0.1) is 0 Å². The number of furan rings is 1. The van der Waals surface area contributed by atoms with Gasteiger partial charge in [0, 0.05) is 6.54 Å². The van der Waals surface area contributed by atoms with Gasteiger partial charge in [-0.1, -0.05) is 6.42 Å². The second-order valence-electron chi connectivity index (χ2n) is 6.51. The Morgan fingerprint density at radius 2 is 2.00 bits per heavy atom. The molecule has 1 aromatic rings. The van der Waals surface area contributed by atoms with Crippen molar-refractivity contribution in [2.24, 2.45) is 17.8 Å². The molecule has 2 aliphatic carbocycles. The van der Waals surface area contributed by atoms with Crippen molar-refractivity contribution in [2.45, 2.75) is 44.4 Å². The van der Waals surface area contributed by atoms with Crippen molar-refractivity contribution in [3.63, 3.8) is 0 Å². The lowest BCUT2D eigenvalue weighted by molar-refractivity contribution is 0.0691. The lowest BCUT2D eigenvalue weighted by Gasteiger charge is -2.21. The van der Waals surface area contributed by atoms with Gasteiger partial charge in [0.1, 0.15) is 22.0 Å². The number of carbonyl (C=O) groups is 1. The van der Waals surface area contributed by atoms with Gasteiger partial charge in [-0.3, -0.25) is 0 Å². The van der Waals surface area contributed by atoms with Gasteiger partial charge in [-0.2, -0.15) is 0 Å². The molecule has 2 aliphatic rings. The van der Waals surface area contributed by atoms with Crippen LogP contribution in [-0.4, -0.2) is 26.0 Å². The molecule has 0 saturated heterocycles. The van der Waals surface area contributed by atoms with Crippen LogP contribution in [0.1, 0.15) is 47.6 Å². The van der Waals surface area contributed by atoms with Crippen molar-refractivity contribution in [3.8, 4) is 0 Å². The number of hydrogen-bond donors (Lipinski definition) is 2. The number of fused-ring (bicyclic) bond motifs is 2. The molecule has 3 rings (SSSR count). The maximum Gasteiger partial charge on any atom is 0.340 e. The fourth-order valence-corrected chi connectivity index (χ4v) is 5.65. The van der Waals surface area contributed by atoms with Crippen LogP contribution in [0, 0.1) is 31.6 Å². The number of nitrogens with one attached hydrogen (secondary N) is 1. The van der Waals surface area contributed by atoms with Gasteiger partial charge in [-0.25, -0.2) is 17.9 Å². The van der Waals surface area contributed by atoms with Gasteiger partial charge in [0.15, 0.2) is 0 Å². The van der Waals surface area contributed by atoms with Crippen molar-refractivity contribution in [1.82, 2.24) is 4.72 Å². The molecule has 2 fully saturated rings. The Labute approximate surface area is 129 Å². The number of aryl methyl sites for hydroxylation is 2. The highest BCUT2D eigenvalue weighted by Gasteiger charge is 2.40. The molecule has 7 heteroatoms. The van der Waals surface area contributed by atoms with E-state index in [1.165, 1.54) is 33.1 Å². The monoisotopic (exact) mass is 327 g/mol. The van der Waals surface area contributed by atoms with Crippen LogP contribution < -0.4 is 4.72 Å². The Kier molecular flexibility index (Phi) is 3.81. The highest BCUT2D eigenvalue weighted by molar-refractivity contribution is 7.89. The maximum absolute atomic E-state index is 12.5. The highest BCUT2D eigenvalue weighted by atomic mass is 32.2. The van der Waals surface area contributed by atoms with Crippen LogP contribution in [0.25, 0.3) is 0 Å². The molecule has 3 unspecified atom stereocenters. The average molecular weight is 327 g/mol. The SMILES string of the molecule is Cc1oc(C)c(S(=O)(=O)NCC2CC3CCC2C3)c1C(=O)O. The summed E-state index contributed by atoms with van der Waals surface area (Å²) >= 11 is 0. The van der Waals surface area contributed by atoms with Crippen molar-refractivity contribution in [3.05, 3.63) is 17.1 Å². The van der Waals surface area contributed by atoms with E-state index in [1.807, 2.05) is 0 Å². The molecule has 2 saturated carbocycles. The first-order valence-corrected chi connectivity index (χ1v) is 9.11. The summed E-state index contributed by atoms with van der Waals surface area (Å²) < 4.78 is 32.9. The molecule has 2 N–H and O–H groups in total. The van der Waals surface area contributed by atoms with E-state index in [9.17, 15) is 18.3 Å². The van der Waals surface area contributed by atoms with E-state index < -0.39 is 16.0 Å². The minimum Gasteiger partial charge on any atom is -0.478 e. The van der Waals surface area contributed by atoms with E-state index in [1.54, 1.807) is 0 Å². The molecule has 122 valence electrons. The largest absolute Gasteiger partial charge is 0.478 e. The summed E-state index contributed by atoms with van der Waals surface area (Å²) in [6.07, 6.45) is 4.72. The summed E-state index contributed by atoms with van der Waals surface area (Å²) in [6, 6.07) is 0. The Morgan fingerprint density at radius 1 is 1.27 bits per heavy atom. The van der Waals surface area contributed by atoms with Crippen LogP contribution in [0.3, 0.4) is 0 Å². The number of sulfonamides is 1. The second-order valence-corrected chi connectivity index (χ2v) is 8.21. The molecule has 1 aromatic heterocycles. The fraction of sp³-hybridized carbons (Fsp3) is 0.667. The van der Waals surface area contributed by atoms with Crippen molar-refractivity contribution >= 4 is 16.0 Å². The summed E-state index contributed by atoms with van der Waals surface area (Å²) in [7, 11) is -3.87. The fourth-order valence-electron chi connectivity index (χ4n) is 4.15. The van der Waals surface area contributed by atoms with E-state index in [-0.39, 0.29) is 22.0 Å². The van der Waals surface area contributed by atoms with E-state index in [0.29, 0.717) is 18.4 Å². The van der Waals surface area contributed by atoms with Crippen LogP contribution >= 0.6 is 0 Å². The van der Waals surface area contributed by atoms with Crippen LogP contribution in [0.2, 0.25) is 0 Å². The molecule has 0 radical (unpaired) electrons. The first-order valence-electron chi connectivity index (χ1n) is 7.62. The Bertz CT molecular complexity index is 706. The molecule has 3 atom stereocenters. The zero-order valence-corrected chi connectivity index (χ0v) is 13.6. The minimum absolute atomic E-state index is 0.116. The van der Waals surface area contributed by atoms with E-state index in [2.05, 4.69) is 4.72 Å². The third-order valence-electron chi connectivity index (χ3n) is 5.11. The predicted molar refractivity (Wildman–Crippen MR) is 79.3 cm³/mol. The first kappa shape index (κ1) is 15.6. The molecule has 1 heterocycles. The van der Waals surface area contributed by atoms with Crippen LogP contribution in [-0.2, 0) is 10.0 Å². The summed E-state index contributed by atoms with van der Waals surface area (Å²) in [4.78, 5) is 11.1. The first-order chi connectivity index (χ1) is 10.3. The molecule has 2 bridgehead atoms. The zero-order valence-electron chi connectivity index (χ0n) is 12.8. The van der Waals surface area contributed by atoms with E-state index in [0.717, 1.165) is 12.3 Å². The van der Waals surface area contributed by atoms with Gasteiger partial charge in [0.25, 0.3) is 0 Å². The smallest absolute Gasteiger partial charge is 0.340 e. The Morgan fingerprint density at radius 3 is 2.55 bits per heavy atom. The zero-order chi connectivity index (χ0) is 16.1. The molecular weight excluding hydrogens is 306 g/mol. The van der Waals surface area contributed by atoms with Gasteiger partial charge in [0.2, 0.25) is 10.0 Å². The van der Waals surface area contributed by atoms with Crippen molar-refractivity contribution in [1.29, 1.82) is 0 Å². The van der Waals surface area contributed by atoms with Gasteiger partial charge in [-0.05, 0) is 50.9 Å². The summed E-state index contributed by atoms with van der Waals surface area (Å²) in [5.74, 6) is 0.677.